The maximum Gasteiger partial charge on any atom is 0.223 e. The average molecular weight is 329 g/mol. The van der Waals surface area contributed by atoms with Crippen LogP contribution in [-0.4, -0.2) is 37.0 Å². The minimum atomic E-state index is 0.296. The molecule has 1 aliphatic heterocycles. The Morgan fingerprint density at radius 2 is 1.71 bits per heavy atom. The fraction of sp³-hybridized carbons (Fsp3) is 0.667. The van der Waals surface area contributed by atoms with E-state index in [-0.39, 0.29) is 0 Å². The summed E-state index contributed by atoms with van der Waals surface area (Å²) >= 11 is 0. The van der Waals surface area contributed by atoms with Crippen LogP contribution in [0.5, 0.6) is 0 Å². The maximum absolute atomic E-state index is 12.2. The summed E-state index contributed by atoms with van der Waals surface area (Å²) in [5, 5.41) is 3.24. The zero-order chi connectivity index (χ0) is 16.6. The number of hydrogen-bond donors (Lipinski definition) is 1. The van der Waals surface area contributed by atoms with Crippen LogP contribution in [0, 0.1) is 11.8 Å². The van der Waals surface area contributed by atoms with E-state index >= 15 is 0 Å². The Balaban J connectivity index is 1.31. The van der Waals surface area contributed by atoms with Crippen molar-refractivity contribution in [2.24, 2.45) is 11.8 Å². The summed E-state index contributed by atoms with van der Waals surface area (Å²) in [7, 11) is 0. The van der Waals surface area contributed by atoms with E-state index in [0.29, 0.717) is 17.7 Å². The summed E-state index contributed by atoms with van der Waals surface area (Å²) in [6.45, 7) is 4.40. The first-order valence-electron chi connectivity index (χ1n) is 9.85. The van der Waals surface area contributed by atoms with Crippen molar-refractivity contribution in [1.29, 1.82) is 0 Å². The van der Waals surface area contributed by atoms with Crippen LogP contribution in [0.4, 0.5) is 0 Å². The number of carbonyl (C=O) groups excluding carboxylic acids is 1. The summed E-state index contributed by atoms with van der Waals surface area (Å²) in [5.41, 5.74) is 1.43. The zero-order valence-electron chi connectivity index (χ0n) is 14.9. The van der Waals surface area contributed by atoms with E-state index in [1.807, 2.05) is 0 Å². The minimum Gasteiger partial charge on any atom is -0.356 e. The lowest BCUT2D eigenvalue weighted by Crippen LogP contribution is -2.41. The third kappa shape index (κ3) is 5.34. The number of nitrogens with zero attached hydrogens (tertiary/aromatic N) is 1. The monoisotopic (exact) mass is 328 g/mol. The second kappa shape index (κ2) is 9.22. The molecule has 0 spiro atoms. The van der Waals surface area contributed by atoms with Gasteiger partial charge < -0.3 is 10.2 Å². The van der Waals surface area contributed by atoms with Gasteiger partial charge in [0.15, 0.2) is 0 Å². The van der Waals surface area contributed by atoms with Gasteiger partial charge in [0.25, 0.3) is 0 Å². The van der Waals surface area contributed by atoms with E-state index in [2.05, 4.69) is 40.5 Å². The molecule has 1 saturated carbocycles. The highest BCUT2D eigenvalue weighted by Crippen LogP contribution is 2.24. The highest BCUT2D eigenvalue weighted by Gasteiger charge is 2.23. The number of hydrogen-bond acceptors (Lipinski definition) is 2. The van der Waals surface area contributed by atoms with Crippen LogP contribution in [0.25, 0.3) is 0 Å². The molecule has 1 aromatic rings. The van der Waals surface area contributed by atoms with Gasteiger partial charge in [0.1, 0.15) is 0 Å². The molecule has 2 aliphatic rings. The number of rotatable bonds is 6. The Labute approximate surface area is 146 Å². The molecule has 3 heteroatoms. The Morgan fingerprint density at radius 3 is 2.42 bits per heavy atom. The molecule has 0 atom stereocenters. The van der Waals surface area contributed by atoms with E-state index in [1.54, 1.807) is 0 Å². The second-order valence-electron chi connectivity index (χ2n) is 7.60. The lowest BCUT2D eigenvalue weighted by Gasteiger charge is -2.32. The molecule has 1 N–H and O–H groups in total. The van der Waals surface area contributed by atoms with Gasteiger partial charge in [-0.1, -0.05) is 49.6 Å². The molecule has 0 bridgehead atoms. The third-order valence-corrected chi connectivity index (χ3v) is 5.81. The van der Waals surface area contributed by atoms with Gasteiger partial charge >= 0.3 is 0 Å². The largest absolute Gasteiger partial charge is 0.356 e. The van der Waals surface area contributed by atoms with Crippen LogP contribution in [0.3, 0.4) is 0 Å². The van der Waals surface area contributed by atoms with Crippen LogP contribution in [-0.2, 0) is 11.2 Å². The van der Waals surface area contributed by atoms with Gasteiger partial charge in [-0.2, -0.15) is 0 Å². The van der Waals surface area contributed by atoms with Gasteiger partial charge in [0.2, 0.25) is 5.91 Å². The van der Waals surface area contributed by atoms with Crippen molar-refractivity contribution in [2.75, 3.05) is 26.2 Å². The predicted molar refractivity (Wildman–Crippen MR) is 98.9 cm³/mol. The molecule has 1 aromatic carbocycles. The van der Waals surface area contributed by atoms with Crippen molar-refractivity contribution in [1.82, 2.24) is 10.2 Å². The summed E-state index contributed by atoms with van der Waals surface area (Å²) in [5.74, 6) is 1.29. The molecule has 3 nitrogen and oxygen atoms in total. The molecule has 1 amide bonds. The standard InChI is InChI=1S/C21H32N2O/c24-21(20-9-5-2-6-10-20)22-17-19-12-15-23(16-13-19)14-11-18-7-3-1-4-8-18/h1,3-4,7-8,19-20H,2,5-6,9-17H2,(H,22,24). The topological polar surface area (TPSA) is 32.3 Å². The molecular weight excluding hydrogens is 296 g/mol. The molecule has 0 unspecified atom stereocenters. The first-order valence-corrected chi connectivity index (χ1v) is 9.85. The molecule has 0 radical (unpaired) electrons. The summed E-state index contributed by atoms with van der Waals surface area (Å²) in [6.07, 6.45) is 9.57. The SMILES string of the molecule is O=C(NCC1CCN(CCc2ccccc2)CC1)C1CCCCC1. The van der Waals surface area contributed by atoms with Gasteiger partial charge in [-0.05, 0) is 56.7 Å². The highest BCUT2D eigenvalue weighted by atomic mass is 16.1. The lowest BCUT2D eigenvalue weighted by molar-refractivity contribution is -0.126. The van der Waals surface area contributed by atoms with E-state index in [1.165, 1.54) is 50.8 Å². The number of piperidine rings is 1. The summed E-state index contributed by atoms with van der Waals surface area (Å²) < 4.78 is 0. The maximum atomic E-state index is 12.2. The van der Waals surface area contributed by atoms with Gasteiger partial charge in [0.05, 0.1) is 0 Å². The summed E-state index contributed by atoms with van der Waals surface area (Å²) in [4.78, 5) is 14.8. The third-order valence-electron chi connectivity index (χ3n) is 5.81. The minimum absolute atomic E-state index is 0.296. The van der Waals surface area contributed by atoms with Crippen molar-refractivity contribution < 1.29 is 4.79 Å². The molecule has 24 heavy (non-hydrogen) atoms. The first-order chi connectivity index (χ1) is 11.8. The Kier molecular flexibility index (Phi) is 6.71. The fourth-order valence-corrected chi connectivity index (χ4v) is 4.10. The van der Waals surface area contributed by atoms with Crippen LogP contribution in [0.15, 0.2) is 30.3 Å². The highest BCUT2D eigenvalue weighted by molar-refractivity contribution is 5.78. The van der Waals surface area contributed by atoms with Gasteiger partial charge in [-0.15, -0.1) is 0 Å². The van der Waals surface area contributed by atoms with Gasteiger partial charge in [0, 0.05) is 19.0 Å². The van der Waals surface area contributed by atoms with E-state index in [0.717, 1.165) is 32.4 Å². The molecule has 3 rings (SSSR count). The predicted octanol–water partition coefficient (Wildman–Crippen LogP) is 3.64. The van der Waals surface area contributed by atoms with Crippen molar-refractivity contribution in [3.8, 4) is 0 Å². The lowest BCUT2D eigenvalue weighted by atomic mass is 9.88. The number of amides is 1. The molecule has 1 heterocycles. The van der Waals surface area contributed by atoms with Gasteiger partial charge in [-0.25, -0.2) is 0 Å². The van der Waals surface area contributed by atoms with Crippen molar-refractivity contribution in [2.45, 2.75) is 51.4 Å². The second-order valence-corrected chi connectivity index (χ2v) is 7.60. The van der Waals surface area contributed by atoms with Crippen LogP contribution in [0.2, 0.25) is 0 Å². The molecule has 132 valence electrons. The van der Waals surface area contributed by atoms with Crippen LogP contribution >= 0.6 is 0 Å². The zero-order valence-corrected chi connectivity index (χ0v) is 14.9. The molecule has 1 saturated heterocycles. The average Bonchev–Trinajstić information content (AvgIpc) is 2.67. The fourth-order valence-electron chi connectivity index (χ4n) is 4.10. The van der Waals surface area contributed by atoms with Crippen LogP contribution < -0.4 is 5.32 Å². The number of carbonyl (C=O) groups is 1. The van der Waals surface area contributed by atoms with Crippen molar-refractivity contribution in [3.63, 3.8) is 0 Å². The Bertz CT molecular complexity index is 488. The molecule has 1 aliphatic carbocycles. The number of likely N-dealkylation sites (tertiary alicyclic amines) is 1. The quantitative estimate of drug-likeness (QED) is 0.865. The number of nitrogens with one attached hydrogen (secondary N) is 1. The van der Waals surface area contributed by atoms with E-state index < -0.39 is 0 Å². The smallest absolute Gasteiger partial charge is 0.223 e. The Morgan fingerprint density at radius 1 is 1.00 bits per heavy atom. The van der Waals surface area contributed by atoms with Gasteiger partial charge in [-0.3, -0.25) is 4.79 Å². The molecular formula is C21H32N2O. The molecule has 2 fully saturated rings. The van der Waals surface area contributed by atoms with E-state index in [9.17, 15) is 4.79 Å². The van der Waals surface area contributed by atoms with Crippen molar-refractivity contribution >= 4 is 5.91 Å². The van der Waals surface area contributed by atoms with Crippen LogP contribution in [0.1, 0.15) is 50.5 Å². The summed E-state index contributed by atoms with van der Waals surface area (Å²) in [6, 6.07) is 10.8. The normalized spacial score (nSPS) is 20.8. The first kappa shape index (κ1) is 17.5. The number of benzene rings is 1. The molecule has 0 aromatic heterocycles. The Hall–Kier alpha value is -1.35. The van der Waals surface area contributed by atoms with Crippen molar-refractivity contribution in [3.05, 3.63) is 35.9 Å². The van der Waals surface area contributed by atoms with E-state index in [4.69, 9.17) is 0 Å².